The molecular weight excluding hydrogens is 144 g/mol. The minimum Gasteiger partial charge on any atom is -0.103 e. The summed E-state index contributed by atoms with van der Waals surface area (Å²) in [6, 6.07) is 0. The Kier molecular flexibility index (Phi) is 5.79. The van der Waals surface area contributed by atoms with E-state index in [0.29, 0.717) is 5.41 Å². The van der Waals surface area contributed by atoms with Crippen molar-refractivity contribution in [2.75, 3.05) is 0 Å². The van der Waals surface area contributed by atoms with Gasteiger partial charge in [0.1, 0.15) is 0 Å². The largest absolute Gasteiger partial charge is 0.103 e. The lowest BCUT2D eigenvalue weighted by molar-refractivity contribution is 0.338. The maximum Gasteiger partial charge on any atom is -0.00892 e. The lowest BCUT2D eigenvalue weighted by atomic mass is 9.78. The van der Waals surface area contributed by atoms with Gasteiger partial charge in [0.25, 0.3) is 0 Å². The van der Waals surface area contributed by atoms with E-state index in [1.807, 2.05) is 0 Å². The van der Waals surface area contributed by atoms with Gasteiger partial charge < -0.3 is 0 Å². The molecule has 0 nitrogen and oxygen atoms in total. The normalized spacial score (nSPS) is 16.2. The smallest absolute Gasteiger partial charge is 0.00892 e. The second-order valence-corrected chi connectivity index (χ2v) is 3.44. The third kappa shape index (κ3) is 3.25. The highest BCUT2D eigenvalue weighted by Crippen LogP contribution is 2.33. The average Bonchev–Trinajstić information content (AvgIpc) is 2.13. The van der Waals surface area contributed by atoms with Gasteiger partial charge in [0.15, 0.2) is 0 Å². The predicted molar refractivity (Wildman–Crippen MR) is 57.3 cm³/mol. The van der Waals surface area contributed by atoms with Crippen LogP contribution in [0.4, 0.5) is 0 Å². The van der Waals surface area contributed by atoms with Crippen molar-refractivity contribution in [3.63, 3.8) is 0 Å². The van der Waals surface area contributed by atoms with Gasteiger partial charge in [-0.3, -0.25) is 0 Å². The van der Waals surface area contributed by atoms with Gasteiger partial charge in [0, 0.05) is 0 Å². The van der Waals surface area contributed by atoms with Gasteiger partial charge >= 0.3 is 0 Å². The van der Waals surface area contributed by atoms with Crippen molar-refractivity contribution in [2.45, 2.75) is 46.5 Å². The minimum atomic E-state index is 0.362. The molecule has 0 bridgehead atoms. The molecule has 0 aromatic rings. The quantitative estimate of drug-likeness (QED) is 0.515. The highest BCUT2D eigenvalue weighted by atomic mass is 14.3. The van der Waals surface area contributed by atoms with E-state index in [1.54, 1.807) is 0 Å². The summed E-state index contributed by atoms with van der Waals surface area (Å²) in [5, 5.41) is 0. The van der Waals surface area contributed by atoms with Crippen LogP contribution in [0, 0.1) is 5.41 Å². The summed E-state index contributed by atoms with van der Waals surface area (Å²) in [4.78, 5) is 0. The second kappa shape index (κ2) is 6.05. The standard InChI is InChI=1S/C12H22/c1-5-9-11-12(7-3,8-4)10-6-2/h5,7,9H,3,6,8,10-11H2,1-2,4H3/b9-5-. The number of hydrogen-bond acceptors (Lipinski definition) is 0. The van der Waals surface area contributed by atoms with E-state index >= 15 is 0 Å². The molecule has 12 heavy (non-hydrogen) atoms. The maximum atomic E-state index is 3.94. The molecule has 0 heterocycles. The summed E-state index contributed by atoms with van der Waals surface area (Å²) < 4.78 is 0. The first-order chi connectivity index (χ1) is 5.74. The van der Waals surface area contributed by atoms with E-state index in [1.165, 1.54) is 19.3 Å². The summed E-state index contributed by atoms with van der Waals surface area (Å²) >= 11 is 0. The molecule has 0 aliphatic heterocycles. The van der Waals surface area contributed by atoms with Crippen molar-refractivity contribution in [1.29, 1.82) is 0 Å². The molecule has 0 aliphatic rings. The molecule has 0 heteroatoms. The van der Waals surface area contributed by atoms with E-state index in [4.69, 9.17) is 0 Å². The molecule has 0 saturated heterocycles. The van der Waals surface area contributed by atoms with Crippen molar-refractivity contribution in [3.05, 3.63) is 24.8 Å². The third-order valence-electron chi connectivity index (χ3n) is 2.65. The Hall–Kier alpha value is -0.520. The van der Waals surface area contributed by atoms with Crippen molar-refractivity contribution >= 4 is 0 Å². The van der Waals surface area contributed by atoms with Gasteiger partial charge in [-0.15, -0.1) is 6.58 Å². The van der Waals surface area contributed by atoms with Crippen LogP contribution in [-0.2, 0) is 0 Å². The first-order valence-corrected chi connectivity index (χ1v) is 4.99. The molecule has 0 spiro atoms. The summed E-state index contributed by atoms with van der Waals surface area (Å²) in [5.74, 6) is 0. The lowest BCUT2D eigenvalue weighted by Gasteiger charge is -2.27. The molecule has 0 radical (unpaired) electrons. The molecule has 0 aliphatic carbocycles. The van der Waals surface area contributed by atoms with Gasteiger partial charge in [-0.25, -0.2) is 0 Å². The minimum absolute atomic E-state index is 0.362. The van der Waals surface area contributed by atoms with Crippen LogP contribution >= 0.6 is 0 Å². The van der Waals surface area contributed by atoms with Crippen LogP contribution in [0.3, 0.4) is 0 Å². The molecule has 0 amide bonds. The van der Waals surface area contributed by atoms with E-state index in [0.717, 1.165) is 6.42 Å². The molecule has 1 unspecified atom stereocenters. The second-order valence-electron chi connectivity index (χ2n) is 3.44. The molecule has 70 valence electrons. The Labute approximate surface area is 77.4 Å². The van der Waals surface area contributed by atoms with Crippen LogP contribution in [0.1, 0.15) is 46.5 Å². The van der Waals surface area contributed by atoms with Crippen LogP contribution < -0.4 is 0 Å². The summed E-state index contributed by atoms with van der Waals surface area (Å²) in [5.41, 5.74) is 0.362. The van der Waals surface area contributed by atoms with Crippen molar-refractivity contribution in [1.82, 2.24) is 0 Å². The Morgan fingerprint density at radius 3 is 2.33 bits per heavy atom. The first kappa shape index (κ1) is 11.5. The monoisotopic (exact) mass is 166 g/mol. The van der Waals surface area contributed by atoms with E-state index in [2.05, 4.69) is 45.6 Å². The van der Waals surface area contributed by atoms with Crippen molar-refractivity contribution in [2.24, 2.45) is 5.41 Å². The Bertz CT molecular complexity index is 144. The van der Waals surface area contributed by atoms with Gasteiger partial charge in [-0.05, 0) is 31.6 Å². The third-order valence-corrected chi connectivity index (χ3v) is 2.65. The predicted octanol–water partition coefficient (Wildman–Crippen LogP) is 4.34. The number of allylic oxidation sites excluding steroid dienone is 3. The zero-order valence-electron chi connectivity index (χ0n) is 8.77. The number of rotatable bonds is 6. The fourth-order valence-electron chi connectivity index (χ4n) is 1.60. The van der Waals surface area contributed by atoms with E-state index < -0.39 is 0 Å². The van der Waals surface area contributed by atoms with Gasteiger partial charge in [-0.2, -0.15) is 0 Å². The molecule has 0 N–H and O–H groups in total. The van der Waals surface area contributed by atoms with Crippen molar-refractivity contribution in [3.8, 4) is 0 Å². The Morgan fingerprint density at radius 1 is 1.33 bits per heavy atom. The highest BCUT2D eigenvalue weighted by molar-refractivity contribution is 4.99. The summed E-state index contributed by atoms with van der Waals surface area (Å²) in [7, 11) is 0. The van der Waals surface area contributed by atoms with E-state index in [-0.39, 0.29) is 0 Å². The lowest BCUT2D eigenvalue weighted by Crippen LogP contribution is -2.15. The topological polar surface area (TPSA) is 0 Å². The molecule has 1 atom stereocenters. The van der Waals surface area contributed by atoms with Crippen molar-refractivity contribution < 1.29 is 0 Å². The molecule has 0 aromatic carbocycles. The van der Waals surface area contributed by atoms with Crippen LogP contribution in [0.15, 0.2) is 24.8 Å². The molecule has 0 fully saturated rings. The van der Waals surface area contributed by atoms with Crippen LogP contribution in [0.5, 0.6) is 0 Å². The molecule has 0 aromatic heterocycles. The first-order valence-electron chi connectivity index (χ1n) is 4.99. The van der Waals surface area contributed by atoms with Gasteiger partial charge in [-0.1, -0.05) is 38.5 Å². The zero-order chi connectivity index (χ0) is 9.45. The number of hydrogen-bond donors (Lipinski definition) is 0. The Balaban J connectivity index is 4.23. The van der Waals surface area contributed by atoms with E-state index in [9.17, 15) is 0 Å². The fourth-order valence-corrected chi connectivity index (χ4v) is 1.60. The summed E-state index contributed by atoms with van der Waals surface area (Å²) in [6.45, 7) is 10.5. The molecule has 0 rings (SSSR count). The highest BCUT2D eigenvalue weighted by Gasteiger charge is 2.20. The SMILES string of the molecule is C=CC(CC)(C/C=C\C)CCC. The average molecular weight is 166 g/mol. The molecule has 0 saturated carbocycles. The van der Waals surface area contributed by atoms with Crippen LogP contribution in [0.25, 0.3) is 0 Å². The van der Waals surface area contributed by atoms with Crippen LogP contribution in [0.2, 0.25) is 0 Å². The molecular formula is C12H22. The maximum absolute atomic E-state index is 3.94. The fraction of sp³-hybridized carbons (Fsp3) is 0.667. The zero-order valence-corrected chi connectivity index (χ0v) is 8.77. The van der Waals surface area contributed by atoms with Gasteiger partial charge in [0.05, 0.1) is 0 Å². The Morgan fingerprint density at radius 2 is 2.00 bits per heavy atom. The van der Waals surface area contributed by atoms with Crippen LogP contribution in [-0.4, -0.2) is 0 Å². The van der Waals surface area contributed by atoms with Gasteiger partial charge in [0.2, 0.25) is 0 Å². The summed E-state index contributed by atoms with van der Waals surface area (Å²) in [6.07, 6.45) is 11.4.